The molecule has 0 unspecified atom stereocenters. The number of methoxy groups -OCH3 is 1. The molecule has 1 amide bonds. The van der Waals surface area contributed by atoms with E-state index in [0.29, 0.717) is 22.1 Å². The molecular formula is C12H16Br2N2O4S. The number of amides is 1. The molecule has 1 aromatic carbocycles. The Kier molecular flexibility index (Phi) is 7.28. The summed E-state index contributed by atoms with van der Waals surface area (Å²) in [4.78, 5) is 11.8. The van der Waals surface area contributed by atoms with Gasteiger partial charge in [-0.1, -0.05) is 15.9 Å². The van der Waals surface area contributed by atoms with Crippen molar-refractivity contribution in [3.63, 3.8) is 0 Å². The van der Waals surface area contributed by atoms with E-state index >= 15 is 0 Å². The first-order chi connectivity index (χ1) is 9.78. The van der Waals surface area contributed by atoms with Crippen LogP contribution in [0, 0.1) is 0 Å². The van der Waals surface area contributed by atoms with Crippen molar-refractivity contribution >= 4 is 47.8 Å². The predicted molar refractivity (Wildman–Crippen MR) is 86.5 cm³/mol. The van der Waals surface area contributed by atoms with Gasteiger partial charge in [0.05, 0.1) is 18.0 Å². The summed E-state index contributed by atoms with van der Waals surface area (Å²) in [6.07, 6.45) is 0. The molecule has 0 spiro atoms. The number of benzene rings is 1. The van der Waals surface area contributed by atoms with Crippen LogP contribution in [-0.4, -0.2) is 52.5 Å². The summed E-state index contributed by atoms with van der Waals surface area (Å²) < 4.78 is 31.8. The molecule has 0 aromatic heterocycles. The second kappa shape index (κ2) is 8.23. The van der Waals surface area contributed by atoms with Gasteiger partial charge >= 0.3 is 0 Å². The maximum absolute atomic E-state index is 12.4. The fourth-order valence-corrected chi connectivity index (χ4v) is 4.06. The third kappa shape index (κ3) is 5.33. The predicted octanol–water partition coefficient (Wildman–Crippen LogP) is 1.59. The first-order valence-electron chi connectivity index (χ1n) is 5.96. The standard InChI is InChI=1S/C12H16Br2N2O4S/c1-16(8-12(17)15-5-6-20-2)21(18,19)11-7-9(13)3-4-10(11)14/h3-4,7H,5-6,8H2,1-2H3,(H,15,17). The normalized spacial score (nSPS) is 11.7. The van der Waals surface area contributed by atoms with E-state index in [1.807, 2.05) is 0 Å². The first kappa shape index (κ1) is 18.6. The van der Waals surface area contributed by atoms with Crippen LogP contribution < -0.4 is 5.32 Å². The summed E-state index contributed by atoms with van der Waals surface area (Å²) in [5.41, 5.74) is 0. The third-order valence-corrected chi connectivity index (χ3v) is 5.87. The highest BCUT2D eigenvalue weighted by Gasteiger charge is 2.25. The zero-order valence-electron chi connectivity index (χ0n) is 11.6. The van der Waals surface area contributed by atoms with Crippen LogP contribution >= 0.6 is 31.9 Å². The molecule has 0 saturated heterocycles. The average Bonchev–Trinajstić information content (AvgIpc) is 2.41. The van der Waals surface area contributed by atoms with Gasteiger partial charge in [0.25, 0.3) is 0 Å². The van der Waals surface area contributed by atoms with Gasteiger partial charge in [0.2, 0.25) is 15.9 Å². The van der Waals surface area contributed by atoms with Crippen molar-refractivity contribution in [2.24, 2.45) is 0 Å². The fraction of sp³-hybridized carbons (Fsp3) is 0.417. The summed E-state index contributed by atoms with van der Waals surface area (Å²) in [7, 11) is -0.872. The molecule has 0 aliphatic carbocycles. The molecule has 0 bridgehead atoms. The molecule has 0 aliphatic heterocycles. The molecule has 0 atom stereocenters. The van der Waals surface area contributed by atoms with Crippen molar-refractivity contribution < 1.29 is 17.9 Å². The molecule has 0 aliphatic rings. The Hall–Kier alpha value is -0.480. The zero-order valence-corrected chi connectivity index (χ0v) is 15.6. The highest BCUT2D eigenvalue weighted by molar-refractivity contribution is 9.11. The summed E-state index contributed by atoms with van der Waals surface area (Å²) in [5.74, 6) is -0.385. The minimum Gasteiger partial charge on any atom is -0.383 e. The number of sulfonamides is 1. The van der Waals surface area contributed by atoms with Crippen LogP contribution in [0.4, 0.5) is 0 Å². The average molecular weight is 444 g/mol. The number of hydrogen-bond acceptors (Lipinski definition) is 4. The van der Waals surface area contributed by atoms with E-state index in [1.165, 1.54) is 20.2 Å². The molecule has 1 N–H and O–H groups in total. The summed E-state index contributed by atoms with van der Waals surface area (Å²) in [5, 5.41) is 2.57. The van der Waals surface area contributed by atoms with Gasteiger partial charge < -0.3 is 10.1 Å². The molecule has 0 fully saturated rings. The maximum Gasteiger partial charge on any atom is 0.244 e. The number of halogens is 2. The van der Waals surface area contributed by atoms with E-state index in [0.717, 1.165) is 4.31 Å². The lowest BCUT2D eigenvalue weighted by molar-refractivity contribution is -0.121. The lowest BCUT2D eigenvalue weighted by atomic mass is 10.4. The number of hydrogen-bond donors (Lipinski definition) is 1. The number of rotatable bonds is 7. The van der Waals surface area contributed by atoms with Gasteiger partial charge in [-0.3, -0.25) is 4.79 Å². The quantitative estimate of drug-likeness (QED) is 0.649. The van der Waals surface area contributed by atoms with Crippen LogP contribution in [0.5, 0.6) is 0 Å². The van der Waals surface area contributed by atoms with E-state index in [1.54, 1.807) is 12.1 Å². The lowest BCUT2D eigenvalue weighted by Gasteiger charge is -2.18. The van der Waals surface area contributed by atoms with Crippen molar-refractivity contribution in [1.29, 1.82) is 0 Å². The second-order valence-electron chi connectivity index (χ2n) is 4.18. The van der Waals surface area contributed by atoms with Crippen LogP contribution in [-0.2, 0) is 19.6 Å². The number of ether oxygens (including phenoxy) is 1. The highest BCUT2D eigenvalue weighted by atomic mass is 79.9. The molecule has 0 heterocycles. The topological polar surface area (TPSA) is 75.7 Å². The fourth-order valence-electron chi connectivity index (χ4n) is 1.48. The summed E-state index contributed by atoms with van der Waals surface area (Å²) in [6, 6.07) is 4.84. The van der Waals surface area contributed by atoms with Crippen molar-refractivity contribution in [3.8, 4) is 0 Å². The number of nitrogens with zero attached hydrogens (tertiary/aromatic N) is 1. The smallest absolute Gasteiger partial charge is 0.244 e. The van der Waals surface area contributed by atoms with E-state index in [9.17, 15) is 13.2 Å². The molecule has 118 valence electrons. The van der Waals surface area contributed by atoms with Gasteiger partial charge in [-0.05, 0) is 34.1 Å². The summed E-state index contributed by atoms with van der Waals surface area (Å²) in [6.45, 7) is 0.453. The Bertz CT molecular complexity index is 607. The second-order valence-corrected chi connectivity index (χ2v) is 7.96. The number of nitrogens with one attached hydrogen (secondary N) is 1. The third-order valence-electron chi connectivity index (χ3n) is 2.58. The van der Waals surface area contributed by atoms with Crippen LogP contribution in [0.2, 0.25) is 0 Å². The molecule has 0 saturated carbocycles. The minimum atomic E-state index is -3.75. The number of carbonyl (C=O) groups is 1. The van der Waals surface area contributed by atoms with Gasteiger partial charge in [-0.15, -0.1) is 0 Å². The van der Waals surface area contributed by atoms with Crippen molar-refractivity contribution in [2.75, 3.05) is 33.9 Å². The summed E-state index contributed by atoms with van der Waals surface area (Å²) >= 11 is 6.44. The van der Waals surface area contributed by atoms with Crippen molar-refractivity contribution in [2.45, 2.75) is 4.90 Å². The Labute approximate surface area is 141 Å². The van der Waals surface area contributed by atoms with Crippen molar-refractivity contribution in [1.82, 2.24) is 9.62 Å². The Morgan fingerprint density at radius 2 is 2.05 bits per heavy atom. The zero-order chi connectivity index (χ0) is 16.0. The molecule has 1 rings (SSSR count). The van der Waals surface area contributed by atoms with Crippen LogP contribution in [0.15, 0.2) is 32.0 Å². The SMILES string of the molecule is COCCNC(=O)CN(C)S(=O)(=O)c1cc(Br)ccc1Br. The van der Waals surface area contributed by atoms with Gasteiger partial charge in [0.15, 0.2) is 0 Å². The number of carbonyl (C=O) groups excluding carboxylic acids is 1. The molecule has 6 nitrogen and oxygen atoms in total. The minimum absolute atomic E-state index is 0.101. The van der Waals surface area contributed by atoms with Crippen LogP contribution in [0.25, 0.3) is 0 Å². The van der Waals surface area contributed by atoms with Crippen LogP contribution in [0.3, 0.4) is 0 Å². The lowest BCUT2D eigenvalue weighted by Crippen LogP contribution is -2.39. The maximum atomic E-state index is 12.4. The Balaban J connectivity index is 2.82. The molecule has 21 heavy (non-hydrogen) atoms. The van der Waals surface area contributed by atoms with E-state index in [4.69, 9.17) is 4.74 Å². The van der Waals surface area contributed by atoms with Gasteiger partial charge in [-0.25, -0.2) is 8.42 Å². The molecule has 1 aromatic rings. The van der Waals surface area contributed by atoms with E-state index < -0.39 is 10.0 Å². The van der Waals surface area contributed by atoms with Crippen molar-refractivity contribution in [3.05, 3.63) is 27.1 Å². The van der Waals surface area contributed by atoms with Gasteiger partial charge in [0.1, 0.15) is 0 Å². The molecule has 0 radical (unpaired) electrons. The molecular weight excluding hydrogens is 428 g/mol. The Morgan fingerprint density at radius 3 is 2.67 bits per heavy atom. The largest absolute Gasteiger partial charge is 0.383 e. The monoisotopic (exact) mass is 442 g/mol. The van der Waals surface area contributed by atoms with Crippen LogP contribution in [0.1, 0.15) is 0 Å². The van der Waals surface area contributed by atoms with E-state index in [-0.39, 0.29) is 17.3 Å². The molecule has 9 heteroatoms. The van der Waals surface area contributed by atoms with E-state index in [2.05, 4.69) is 37.2 Å². The number of likely N-dealkylation sites (N-methyl/N-ethyl adjacent to an activating group) is 1. The first-order valence-corrected chi connectivity index (χ1v) is 8.98. The Morgan fingerprint density at radius 1 is 1.38 bits per heavy atom. The van der Waals surface area contributed by atoms with Gasteiger partial charge in [0, 0.05) is 29.6 Å². The highest BCUT2D eigenvalue weighted by Crippen LogP contribution is 2.27. The van der Waals surface area contributed by atoms with Gasteiger partial charge in [-0.2, -0.15) is 4.31 Å².